The third kappa shape index (κ3) is 10.4. The van der Waals surface area contributed by atoms with E-state index in [-0.39, 0.29) is 43.9 Å². The second-order valence-corrected chi connectivity index (χ2v) is 18.4. The molecule has 0 aromatic rings. The SMILES string of the molecule is CC[C@H]1OC(=O)[C@H](C)[C@@H](O[C@H]2C[C@@](C)(OC)[C@@H](OC(=O)CN)C3(CC3)O2)[C@H](C)[C@@H](O[C@@H]2O[C@H](C)CC(N(C)C)[C@H]2O)[C@](C)(O)C[C@@H](C)CN(C)[C@H](C)C(=O)[C@]1(C)O. The maximum Gasteiger partial charge on any atom is 0.320 e. The number of likely N-dealkylation sites (N-methyl/N-ethyl adjacent to an activating group) is 2. The molecule has 0 amide bonds. The van der Waals surface area contributed by atoms with Crippen molar-refractivity contribution in [1.29, 1.82) is 0 Å². The maximum atomic E-state index is 14.4. The molecular weight excluding hydrogens is 742 g/mol. The van der Waals surface area contributed by atoms with Crippen molar-refractivity contribution in [3.8, 4) is 0 Å². The molecule has 3 heterocycles. The van der Waals surface area contributed by atoms with Gasteiger partial charge in [0.25, 0.3) is 0 Å². The topological polar surface area (TPSA) is 209 Å². The summed E-state index contributed by atoms with van der Waals surface area (Å²) in [5.41, 5.74) is -0.0115. The molecule has 1 spiro atoms. The average Bonchev–Trinajstić information content (AvgIpc) is 3.91. The van der Waals surface area contributed by atoms with Gasteiger partial charge in [0.15, 0.2) is 30.1 Å². The molecule has 0 radical (unpaired) electrons. The van der Waals surface area contributed by atoms with Gasteiger partial charge in [-0.1, -0.05) is 20.8 Å². The summed E-state index contributed by atoms with van der Waals surface area (Å²) >= 11 is 0. The predicted octanol–water partition coefficient (Wildman–Crippen LogP) is 1.76. The van der Waals surface area contributed by atoms with Crippen molar-refractivity contribution in [2.45, 2.75) is 185 Å². The van der Waals surface area contributed by atoms with Crippen LogP contribution in [0.2, 0.25) is 0 Å². The molecule has 1 unspecified atom stereocenters. The molecule has 0 aromatic heterocycles. The Labute approximate surface area is 339 Å². The Kier molecular flexibility index (Phi) is 15.5. The molecule has 330 valence electrons. The lowest BCUT2D eigenvalue weighted by atomic mass is 9.77. The molecule has 0 aromatic carbocycles. The van der Waals surface area contributed by atoms with E-state index in [1.54, 1.807) is 41.7 Å². The zero-order chi connectivity index (χ0) is 43.0. The van der Waals surface area contributed by atoms with Crippen molar-refractivity contribution < 1.29 is 62.9 Å². The molecule has 4 fully saturated rings. The highest BCUT2D eigenvalue weighted by atomic mass is 16.7. The summed E-state index contributed by atoms with van der Waals surface area (Å²) in [5.74, 6) is -3.93. The molecule has 0 bridgehead atoms. The third-order valence-electron chi connectivity index (χ3n) is 13.1. The highest BCUT2D eigenvalue weighted by Gasteiger charge is 2.65. The Morgan fingerprint density at radius 1 is 1.04 bits per heavy atom. The van der Waals surface area contributed by atoms with E-state index in [9.17, 15) is 29.7 Å². The number of aliphatic hydroxyl groups excluding tert-OH is 1. The number of Topliss-reactive ketones (excluding diaryl/α,β-unsaturated/α-hetero) is 1. The van der Waals surface area contributed by atoms with Gasteiger partial charge in [-0.3, -0.25) is 19.3 Å². The number of rotatable bonds is 9. The minimum Gasteiger partial charge on any atom is -0.459 e. The largest absolute Gasteiger partial charge is 0.459 e. The van der Waals surface area contributed by atoms with Crippen molar-refractivity contribution in [2.75, 3.05) is 41.3 Å². The van der Waals surface area contributed by atoms with E-state index in [1.807, 2.05) is 44.7 Å². The number of hydrogen-bond donors (Lipinski definition) is 4. The Morgan fingerprint density at radius 2 is 1.67 bits per heavy atom. The van der Waals surface area contributed by atoms with Crippen LogP contribution in [0.1, 0.15) is 101 Å². The van der Waals surface area contributed by atoms with Gasteiger partial charge < -0.3 is 59.1 Å². The Morgan fingerprint density at radius 3 is 2.21 bits per heavy atom. The average molecular weight is 816 g/mol. The van der Waals surface area contributed by atoms with E-state index in [4.69, 9.17) is 38.9 Å². The van der Waals surface area contributed by atoms with Crippen molar-refractivity contribution >= 4 is 17.7 Å². The van der Waals surface area contributed by atoms with Crippen LogP contribution in [0.4, 0.5) is 0 Å². The zero-order valence-electron chi connectivity index (χ0n) is 36.6. The van der Waals surface area contributed by atoms with Gasteiger partial charge in [0.1, 0.15) is 23.4 Å². The normalized spacial score (nSPS) is 45.3. The fraction of sp³-hybridized carbons (Fsp3) is 0.927. The number of aliphatic hydroxyl groups is 3. The fourth-order valence-corrected chi connectivity index (χ4v) is 9.52. The van der Waals surface area contributed by atoms with Gasteiger partial charge in [-0.05, 0) is 101 Å². The molecule has 57 heavy (non-hydrogen) atoms. The van der Waals surface area contributed by atoms with Gasteiger partial charge in [0.2, 0.25) is 0 Å². The Bertz CT molecular complexity index is 1390. The number of hydrogen-bond acceptors (Lipinski definition) is 16. The first-order chi connectivity index (χ1) is 26.4. The van der Waals surface area contributed by atoms with Gasteiger partial charge >= 0.3 is 11.9 Å². The first-order valence-corrected chi connectivity index (χ1v) is 20.7. The number of carbonyl (C=O) groups is 3. The summed E-state index contributed by atoms with van der Waals surface area (Å²) in [7, 11) is 7.04. The van der Waals surface area contributed by atoms with Crippen LogP contribution in [0.15, 0.2) is 0 Å². The fourth-order valence-electron chi connectivity index (χ4n) is 9.52. The van der Waals surface area contributed by atoms with Crippen LogP contribution in [0, 0.1) is 17.8 Å². The summed E-state index contributed by atoms with van der Waals surface area (Å²) in [6.07, 6.45) is -5.54. The summed E-state index contributed by atoms with van der Waals surface area (Å²) in [6, 6.07) is -1.05. The Hall–Kier alpha value is -1.83. The zero-order valence-corrected chi connectivity index (χ0v) is 36.6. The first-order valence-electron chi connectivity index (χ1n) is 20.7. The van der Waals surface area contributed by atoms with E-state index >= 15 is 0 Å². The molecule has 4 aliphatic rings. The van der Waals surface area contributed by atoms with Crippen molar-refractivity contribution in [3.05, 3.63) is 0 Å². The number of ketones is 1. The van der Waals surface area contributed by atoms with E-state index < -0.39 is 101 Å². The van der Waals surface area contributed by atoms with Crippen molar-refractivity contribution in [1.82, 2.24) is 9.80 Å². The van der Waals surface area contributed by atoms with Gasteiger partial charge in [0, 0.05) is 32.0 Å². The minimum absolute atomic E-state index is 0.0925. The summed E-state index contributed by atoms with van der Waals surface area (Å²) < 4.78 is 44.3. The molecule has 16 nitrogen and oxygen atoms in total. The van der Waals surface area contributed by atoms with Crippen molar-refractivity contribution in [3.63, 3.8) is 0 Å². The Balaban J connectivity index is 1.83. The van der Waals surface area contributed by atoms with Crippen molar-refractivity contribution in [2.24, 2.45) is 23.5 Å². The van der Waals surface area contributed by atoms with Crippen LogP contribution in [-0.4, -0.2) is 168 Å². The molecule has 3 saturated heterocycles. The van der Waals surface area contributed by atoms with Gasteiger partial charge in [-0.15, -0.1) is 0 Å². The van der Waals surface area contributed by atoms with Gasteiger partial charge in [-0.2, -0.15) is 0 Å². The lowest BCUT2D eigenvalue weighted by Gasteiger charge is -2.50. The van der Waals surface area contributed by atoms with Gasteiger partial charge in [-0.25, -0.2) is 0 Å². The van der Waals surface area contributed by atoms with Crippen LogP contribution in [0.3, 0.4) is 0 Å². The summed E-state index contributed by atoms with van der Waals surface area (Å²) in [5, 5.41) is 35.9. The monoisotopic (exact) mass is 816 g/mol. The molecule has 3 aliphatic heterocycles. The number of nitrogens with two attached hydrogens (primary N) is 1. The highest BCUT2D eigenvalue weighted by molar-refractivity contribution is 5.92. The second kappa shape index (κ2) is 18.4. The van der Waals surface area contributed by atoms with E-state index in [0.717, 1.165) is 0 Å². The van der Waals surface area contributed by atoms with Crippen LogP contribution < -0.4 is 5.73 Å². The van der Waals surface area contributed by atoms with E-state index in [1.165, 1.54) is 14.0 Å². The number of nitrogens with zero attached hydrogens (tertiary/aromatic N) is 2. The molecule has 4 rings (SSSR count). The number of methoxy groups -OCH3 is 1. The second-order valence-electron chi connectivity index (χ2n) is 18.4. The van der Waals surface area contributed by atoms with Gasteiger partial charge in [0.05, 0.1) is 42.4 Å². The summed E-state index contributed by atoms with van der Waals surface area (Å²) in [4.78, 5) is 44.4. The molecule has 1 aliphatic carbocycles. The first kappa shape index (κ1) is 47.8. The smallest absolute Gasteiger partial charge is 0.320 e. The third-order valence-corrected chi connectivity index (χ3v) is 13.1. The number of carbonyl (C=O) groups excluding carboxylic acids is 3. The molecule has 16 heteroatoms. The van der Waals surface area contributed by atoms with Crippen LogP contribution >= 0.6 is 0 Å². The van der Waals surface area contributed by atoms with E-state index in [2.05, 4.69) is 0 Å². The standard InChI is InChI=1S/C41H73N3O13/c1-14-28-40(9,50)33(47)26(6)44(12)21-22(2)18-38(7,49)34(56-36-31(46)27(43(10)11)17-23(3)52-36)24(4)32(25(5)35(48)53-28)55-30-19-39(8,51-13)37(54-29(45)20-42)41(57-30)15-16-41/h22-28,30-32,34,36-37,46,49-50H,14-21,42H2,1-13H3/t22-,23-,24+,25-,26-,27?,28-,30-,31-,32+,34-,36+,37-,38-,39-,40-/m1/s1. The molecule has 16 atom stereocenters. The minimum atomic E-state index is -2.02. The number of esters is 2. The molecule has 1 saturated carbocycles. The predicted molar refractivity (Wildman–Crippen MR) is 209 cm³/mol. The summed E-state index contributed by atoms with van der Waals surface area (Å²) in [6.45, 7) is 15.6. The van der Waals surface area contributed by atoms with Crippen LogP contribution in [-0.2, 0) is 47.5 Å². The quantitative estimate of drug-likeness (QED) is 0.245. The molecule has 5 N–H and O–H groups in total. The molecular formula is C41H73N3O13. The number of ether oxygens (including phenoxy) is 7. The van der Waals surface area contributed by atoms with Crippen LogP contribution in [0.25, 0.3) is 0 Å². The lowest BCUT2D eigenvalue weighted by Crippen LogP contribution is -2.62. The van der Waals surface area contributed by atoms with Crippen LogP contribution in [0.5, 0.6) is 0 Å². The number of cyclic esters (lactones) is 1. The highest BCUT2D eigenvalue weighted by Crippen LogP contribution is 2.54. The lowest BCUT2D eigenvalue weighted by molar-refractivity contribution is -0.325. The van der Waals surface area contributed by atoms with E-state index in [0.29, 0.717) is 25.8 Å². The maximum absolute atomic E-state index is 14.4.